The molecule has 3 fully saturated rings. The van der Waals surface area contributed by atoms with Crippen LogP contribution in [0.4, 0.5) is 10.1 Å². The number of aromatic nitrogens is 1. The minimum absolute atomic E-state index is 0. The first-order valence-corrected chi connectivity index (χ1v) is 15.1. The van der Waals surface area contributed by atoms with Gasteiger partial charge in [-0.05, 0) is 37.1 Å². The second-order valence-corrected chi connectivity index (χ2v) is 12.4. The molecule has 1 unspecified atom stereocenters. The number of piperazine rings is 1. The number of nitrogens with one attached hydrogen (secondary N) is 2. The van der Waals surface area contributed by atoms with Crippen LogP contribution in [0.25, 0.3) is 10.9 Å². The van der Waals surface area contributed by atoms with Crippen LogP contribution in [-0.4, -0.2) is 81.5 Å². The van der Waals surface area contributed by atoms with E-state index in [9.17, 15) is 19.5 Å². The fourth-order valence-corrected chi connectivity index (χ4v) is 6.77. The molecule has 14 heteroatoms. The van der Waals surface area contributed by atoms with Crippen LogP contribution in [0.3, 0.4) is 0 Å². The van der Waals surface area contributed by atoms with Gasteiger partial charge in [0.05, 0.1) is 22.6 Å². The second kappa shape index (κ2) is 13.5. The molecular weight excluding hydrogens is 604 g/mol. The topological polar surface area (TPSA) is 116 Å². The predicted octanol–water partition coefficient (Wildman–Crippen LogP) is -0.0766. The van der Waals surface area contributed by atoms with E-state index in [1.807, 2.05) is 23.1 Å². The molecule has 43 heavy (non-hydrogen) atoms. The number of ether oxygens (including phenoxy) is 1. The summed E-state index contributed by atoms with van der Waals surface area (Å²) in [5.74, 6) is -1.42. The number of thioether (sulfide) groups is 1. The first kappa shape index (κ1) is 31.7. The largest absolute Gasteiger partial charge is 1.00 e. The van der Waals surface area contributed by atoms with Gasteiger partial charge in [-0.25, -0.2) is 9.18 Å². The first-order valence-electron chi connectivity index (χ1n) is 13.8. The molecule has 222 valence electrons. The van der Waals surface area contributed by atoms with E-state index in [-0.39, 0.29) is 71.9 Å². The number of benzene rings is 2. The van der Waals surface area contributed by atoms with Gasteiger partial charge in [0, 0.05) is 50.3 Å². The summed E-state index contributed by atoms with van der Waals surface area (Å²) in [6.07, 6.45) is 3.17. The number of rotatable bonds is 8. The molecule has 3 aliphatic rings. The van der Waals surface area contributed by atoms with E-state index in [2.05, 4.69) is 15.5 Å². The van der Waals surface area contributed by atoms with Crippen molar-refractivity contribution in [3.63, 3.8) is 0 Å². The van der Waals surface area contributed by atoms with Crippen LogP contribution in [0.1, 0.15) is 30.7 Å². The van der Waals surface area contributed by atoms with E-state index >= 15 is 4.39 Å². The molecule has 2 saturated heterocycles. The Balaban J connectivity index is 0.00000221. The van der Waals surface area contributed by atoms with Crippen LogP contribution in [0.15, 0.2) is 53.5 Å². The Hall–Kier alpha value is -2.68. The molecule has 3 N–H and O–H groups in total. The van der Waals surface area contributed by atoms with Crippen molar-refractivity contribution in [2.75, 3.05) is 44.2 Å². The summed E-state index contributed by atoms with van der Waals surface area (Å²) in [5.41, 5.74) is -0.0752. The van der Waals surface area contributed by atoms with Crippen molar-refractivity contribution in [2.45, 2.75) is 30.3 Å². The molecule has 0 radical (unpaired) electrons. The van der Waals surface area contributed by atoms with Crippen LogP contribution in [0.5, 0.6) is 5.75 Å². The summed E-state index contributed by atoms with van der Waals surface area (Å²) >= 11 is 7.20. The number of pyridine rings is 1. The third kappa shape index (κ3) is 7.02. The first-order chi connectivity index (χ1) is 20.3. The standard InChI is InChI=1S/C29H30FN5O5S2.Na.H/c30-21-12-19-23(35(17-6-7-17)15-20(26(19)37)28(38)39)13-24(21)33-8-10-34(11-9-33)29(41)42-27-22(14-31-27)32-25(36)16-40-18-4-2-1-3-5-18;;/h1-5,12-13,15,17,22,27,31H,6-11,14,16H2,(H,32,36)(H,38,39);;/q;+1;-1/t22?,27-;;/m0../s1. The van der Waals surface area contributed by atoms with Gasteiger partial charge in [0.15, 0.2) is 6.61 Å². The normalized spacial score (nSPS) is 19.7. The molecule has 2 aliphatic heterocycles. The van der Waals surface area contributed by atoms with E-state index in [0.717, 1.165) is 12.8 Å². The molecule has 0 bridgehead atoms. The second-order valence-electron chi connectivity index (χ2n) is 10.6. The minimum Gasteiger partial charge on any atom is -1.00 e. The van der Waals surface area contributed by atoms with Gasteiger partial charge >= 0.3 is 35.5 Å². The van der Waals surface area contributed by atoms with Crippen LogP contribution in [0.2, 0.25) is 0 Å². The number of amides is 1. The van der Waals surface area contributed by atoms with E-state index in [1.54, 1.807) is 22.8 Å². The summed E-state index contributed by atoms with van der Waals surface area (Å²) in [4.78, 5) is 40.8. The van der Waals surface area contributed by atoms with Crippen molar-refractivity contribution in [3.8, 4) is 5.75 Å². The monoisotopic (exact) mass is 635 g/mol. The van der Waals surface area contributed by atoms with Gasteiger partial charge in [0.1, 0.15) is 21.5 Å². The Labute approximate surface area is 280 Å². The van der Waals surface area contributed by atoms with Gasteiger partial charge in [-0.2, -0.15) is 0 Å². The molecule has 6 rings (SSSR count). The average molecular weight is 636 g/mol. The zero-order valence-corrected chi connectivity index (χ0v) is 27.3. The van der Waals surface area contributed by atoms with Gasteiger partial charge in [-0.3, -0.25) is 9.59 Å². The van der Waals surface area contributed by atoms with Gasteiger partial charge in [0.25, 0.3) is 5.91 Å². The Bertz CT molecular complexity index is 1600. The molecule has 1 amide bonds. The summed E-state index contributed by atoms with van der Waals surface area (Å²) in [6, 6.07) is 12.1. The smallest absolute Gasteiger partial charge is 1.00 e. The third-order valence-corrected chi connectivity index (χ3v) is 9.50. The third-order valence-electron chi connectivity index (χ3n) is 7.74. The number of carbonyl (C=O) groups is 2. The molecule has 0 spiro atoms. The Morgan fingerprint density at radius 1 is 1.16 bits per heavy atom. The number of nitrogens with zero attached hydrogens (tertiary/aromatic N) is 3. The summed E-state index contributed by atoms with van der Waals surface area (Å²) in [5, 5.41) is 15.8. The number of carboxylic acids is 1. The number of fused-ring (bicyclic) bond motifs is 1. The van der Waals surface area contributed by atoms with E-state index in [4.69, 9.17) is 17.0 Å². The van der Waals surface area contributed by atoms with E-state index in [1.165, 1.54) is 24.0 Å². The number of aromatic carboxylic acids is 1. The number of para-hydroxylation sites is 1. The molecule has 10 nitrogen and oxygen atoms in total. The number of thiocarbonyl (C=S) groups is 1. The maximum atomic E-state index is 15.3. The average Bonchev–Trinajstić information content (AvgIpc) is 3.83. The van der Waals surface area contributed by atoms with Crippen LogP contribution in [0, 0.1) is 5.82 Å². The molecular formula is C29H31FN5NaO5S2. The van der Waals surface area contributed by atoms with Crippen LogP contribution >= 0.6 is 24.0 Å². The van der Waals surface area contributed by atoms with Crippen molar-refractivity contribution in [1.82, 2.24) is 20.1 Å². The van der Waals surface area contributed by atoms with Crippen molar-refractivity contribution in [3.05, 3.63) is 70.3 Å². The number of carboxylic acid groups (broad SMARTS) is 1. The summed E-state index contributed by atoms with van der Waals surface area (Å²) < 4.78 is 23.3. The van der Waals surface area contributed by atoms with Crippen molar-refractivity contribution < 1.29 is 54.8 Å². The Morgan fingerprint density at radius 2 is 1.88 bits per heavy atom. The quantitative estimate of drug-likeness (QED) is 0.230. The fourth-order valence-electron chi connectivity index (χ4n) is 5.22. The molecule has 1 aromatic heterocycles. The molecule has 2 atom stereocenters. The number of hydrogen-bond donors (Lipinski definition) is 3. The predicted molar refractivity (Wildman–Crippen MR) is 164 cm³/mol. The number of hydrogen-bond acceptors (Lipinski definition) is 8. The Kier molecular flexibility index (Phi) is 9.99. The van der Waals surface area contributed by atoms with Crippen LogP contribution in [-0.2, 0) is 4.79 Å². The SMILES string of the molecule is O=C(COc1ccccc1)NC1CN[C@H]1SC(=S)N1CCN(c2cc3c(cc2F)c(=O)c(C(=O)O)cn3C2CC2)CC1.[H-].[Na+]. The van der Waals surface area contributed by atoms with Crippen LogP contribution < -0.4 is 55.3 Å². The summed E-state index contributed by atoms with van der Waals surface area (Å²) in [6.45, 7) is 2.81. The van der Waals surface area contributed by atoms with Gasteiger partial charge in [-0.15, -0.1) is 0 Å². The number of halogens is 1. The van der Waals surface area contributed by atoms with Gasteiger partial charge in [0.2, 0.25) is 5.43 Å². The molecule has 2 aromatic carbocycles. The maximum absolute atomic E-state index is 15.3. The van der Waals surface area contributed by atoms with Crippen molar-refractivity contribution in [1.29, 1.82) is 0 Å². The molecule has 1 aliphatic carbocycles. The molecule has 3 aromatic rings. The zero-order chi connectivity index (χ0) is 29.4. The van der Waals surface area contributed by atoms with Crippen molar-refractivity contribution in [2.24, 2.45) is 0 Å². The van der Waals surface area contributed by atoms with Crippen molar-refractivity contribution >= 4 is 56.8 Å². The van der Waals surface area contributed by atoms with Gasteiger partial charge < -0.3 is 36.3 Å². The van der Waals surface area contributed by atoms with E-state index in [0.29, 0.717) is 54.0 Å². The number of carbonyl (C=O) groups excluding carboxylic acids is 1. The van der Waals surface area contributed by atoms with E-state index < -0.39 is 17.2 Å². The Morgan fingerprint density at radius 3 is 2.51 bits per heavy atom. The number of anilines is 1. The molecule has 3 heterocycles. The zero-order valence-electron chi connectivity index (χ0n) is 24.6. The van der Waals surface area contributed by atoms with Gasteiger partial charge in [-0.1, -0.05) is 42.2 Å². The fraction of sp³-hybridized carbons (Fsp3) is 0.379. The summed E-state index contributed by atoms with van der Waals surface area (Å²) in [7, 11) is 0. The molecule has 1 saturated carbocycles. The maximum Gasteiger partial charge on any atom is 1.00 e. The minimum atomic E-state index is -1.31.